The standard InChI is InChI=1S/C11H18N4OS/c1-12-9-5-10(15-11(14-9)17-2)13-6-8-3-4-16-7-8/h5,8H,3-4,6-7H2,1-2H3,(H2,12,13,14,15). The van der Waals surface area contributed by atoms with Crippen LogP contribution in [0, 0.1) is 5.92 Å². The molecule has 2 heterocycles. The minimum Gasteiger partial charge on any atom is -0.381 e. The Morgan fingerprint density at radius 3 is 2.94 bits per heavy atom. The smallest absolute Gasteiger partial charge is 0.191 e. The molecule has 5 nitrogen and oxygen atoms in total. The minimum absolute atomic E-state index is 0.598. The molecular weight excluding hydrogens is 236 g/mol. The first-order valence-corrected chi connectivity index (χ1v) is 6.96. The van der Waals surface area contributed by atoms with Crippen LogP contribution in [0.2, 0.25) is 0 Å². The van der Waals surface area contributed by atoms with Crippen LogP contribution in [0.4, 0.5) is 11.6 Å². The largest absolute Gasteiger partial charge is 0.381 e. The van der Waals surface area contributed by atoms with E-state index in [1.807, 2.05) is 19.4 Å². The number of anilines is 2. The zero-order chi connectivity index (χ0) is 12.1. The lowest BCUT2D eigenvalue weighted by Crippen LogP contribution is -2.15. The molecule has 1 aromatic rings. The Morgan fingerprint density at radius 2 is 2.29 bits per heavy atom. The molecule has 6 heteroatoms. The molecule has 1 aliphatic rings. The Balaban J connectivity index is 1.98. The molecule has 0 radical (unpaired) electrons. The molecule has 17 heavy (non-hydrogen) atoms. The van der Waals surface area contributed by atoms with Gasteiger partial charge in [0, 0.05) is 32.2 Å². The number of nitrogens with one attached hydrogen (secondary N) is 2. The van der Waals surface area contributed by atoms with Crippen molar-refractivity contribution in [3.63, 3.8) is 0 Å². The van der Waals surface area contributed by atoms with Crippen molar-refractivity contribution in [2.75, 3.05) is 43.7 Å². The maximum absolute atomic E-state index is 5.35. The van der Waals surface area contributed by atoms with Gasteiger partial charge in [-0.25, -0.2) is 9.97 Å². The van der Waals surface area contributed by atoms with E-state index in [1.54, 1.807) is 11.8 Å². The number of rotatable bonds is 5. The van der Waals surface area contributed by atoms with Gasteiger partial charge in [-0.05, 0) is 12.7 Å². The predicted octanol–water partition coefficient (Wildman–Crippen LogP) is 1.69. The summed E-state index contributed by atoms with van der Waals surface area (Å²) in [6.45, 7) is 2.65. The van der Waals surface area contributed by atoms with Crippen LogP contribution in [0.15, 0.2) is 11.2 Å². The highest BCUT2D eigenvalue weighted by Gasteiger charge is 2.15. The lowest BCUT2D eigenvalue weighted by Gasteiger charge is -2.11. The second-order valence-corrected chi connectivity index (χ2v) is 4.76. The van der Waals surface area contributed by atoms with E-state index in [2.05, 4.69) is 20.6 Å². The Morgan fingerprint density at radius 1 is 1.47 bits per heavy atom. The van der Waals surface area contributed by atoms with Crippen molar-refractivity contribution in [1.29, 1.82) is 0 Å². The van der Waals surface area contributed by atoms with Gasteiger partial charge in [-0.2, -0.15) is 0 Å². The molecule has 1 aromatic heterocycles. The summed E-state index contributed by atoms with van der Waals surface area (Å²) in [5.74, 6) is 2.32. The zero-order valence-electron chi connectivity index (χ0n) is 10.2. The fourth-order valence-electron chi connectivity index (χ4n) is 1.73. The average molecular weight is 254 g/mol. The van der Waals surface area contributed by atoms with E-state index in [0.717, 1.165) is 43.0 Å². The summed E-state index contributed by atoms with van der Waals surface area (Å²) in [6.07, 6.45) is 3.11. The summed E-state index contributed by atoms with van der Waals surface area (Å²) in [5.41, 5.74) is 0. The topological polar surface area (TPSA) is 59.1 Å². The molecule has 94 valence electrons. The molecule has 0 amide bonds. The Hall–Kier alpha value is -1.01. The third-order valence-electron chi connectivity index (χ3n) is 2.74. The predicted molar refractivity (Wildman–Crippen MR) is 70.8 cm³/mol. The van der Waals surface area contributed by atoms with E-state index in [4.69, 9.17) is 4.74 Å². The fourth-order valence-corrected chi connectivity index (χ4v) is 2.11. The summed E-state index contributed by atoms with van der Waals surface area (Å²) in [6, 6.07) is 1.93. The first kappa shape index (κ1) is 12.4. The van der Waals surface area contributed by atoms with Gasteiger partial charge in [-0.3, -0.25) is 0 Å². The zero-order valence-corrected chi connectivity index (χ0v) is 11.0. The molecule has 0 aliphatic carbocycles. The highest BCUT2D eigenvalue weighted by Crippen LogP contribution is 2.18. The molecule has 0 aromatic carbocycles. The molecule has 2 N–H and O–H groups in total. The Bertz CT molecular complexity index is 346. The maximum atomic E-state index is 5.35. The number of hydrogen-bond acceptors (Lipinski definition) is 6. The van der Waals surface area contributed by atoms with Gasteiger partial charge in [-0.1, -0.05) is 11.8 Å². The van der Waals surface area contributed by atoms with Crippen molar-refractivity contribution in [1.82, 2.24) is 9.97 Å². The molecule has 0 spiro atoms. The van der Waals surface area contributed by atoms with Crippen LogP contribution in [0.25, 0.3) is 0 Å². The van der Waals surface area contributed by atoms with Crippen LogP contribution in [0.3, 0.4) is 0 Å². The molecule has 1 unspecified atom stereocenters. The Kier molecular flexibility index (Phi) is 4.44. The highest BCUT2D eigenvalue weighted by atomic mass is 32.2. The van der Waals surface area contributed by atoms with Crippen LogP contribution in [-0.4, -0.2) is 43.0 Å². The SMILES string of the molecule is CNc1cc(NCC2CCOC2)nc(SC)n1. The lowest BCUT2D eigenvalue weighted by atomic mass is 10.1. The molecule has 1 aliphatic heterocycles. The van der Waals surface area contributed by atoms with E-state index >= 15 is 0 Å². The summed E-state index contributed by atoms with van der Waals surface area (Å²) in [5, 5.41) is 7.17. The fraction of sp³-hybridized carbons (Fsp3) is 0.636. The molecule has 2 rings (SSSR count). The van der Waals surface area contributed by atoms with E-state index in [0.29, 0.717) is 5.92 Å². The van der Waals surface area contributed by atoms with Crippen molar-refractivity contribution in [2.24, 2.45) is 5.92 Å². The average Bonchev–Trinajstić information content (AvgIpc) is 2.89. The van der Waals surface area contributed by atoms with Crippen LogP contribution in [0.5, 0.6) is 0 Å². The molecule has 0 saturated carbocycles. The van der Waals surface area contributed by atoms with Gasteiger partial charge in [0.2, 0.25) is 0 Å². The van der Waals surface area contributed by atoms with Gasteiger partial charge in [0.15, 0.2) is 5.16 Å². The molecule has 1 saturated heterocycles. The summed E-state index contributed by atoms with van der Waals surface area (Å²) < 4.78 is 5.35. The minimum atomic E-state index is 0.598. The second kappa shape index (κ2) is 6.07. The van der Waals surface area contributed by atoms with Crippen molar-refractivity contribution < 1.29 is 4.74 Å². The second-order valence-electron chi connectivity index (χ2n) is 3.99. The number of ether oxygens (including phenoxy) is 1. The highest BCUT2D eigenvalue weighted by molar-refractivity contribution is 7.98. The third kappa shape index (κ3) is 3.47. The Labute approximate surface area is 106 Å². The normalized spacial score (nSPS) is 19.3. The van der Waals surface area contributed by atoms with E-state index < -0.39 is 0 Å². The number of thioether (sulfide) groups is 1. The molecule has 1 atom stereocenters. The van der Waals surface area contributed by atoms with Crippen LogP contribution >= 0.6 is 11.8 Å². The van der Waals surface area contributed by atoms with E-state index in [9.17, 15) is 0 Å². The van der Waals surface area contributed by atoms with Crippen molar-refractivity contribution >= 4 is 23.4 Å². The van der Waals surface area contributed by atoms with Crippen molar-refractivity contribution in [3.8, 4) is 0 Å². The molecular formula is C11H18N4OS. The number of nitrogens with zero attached hydrogens (tertiary/aromatic N) is 2. The van der Waals surface area contributed by atoms with Crippen LogP contribution in [-0.2, 0) is 4.74 Å². The van der Waals surface area contributed by atoms with Crippen molar-refractivity contribution in [2.45, 2.75) is 11.6 Å². The van der Waals surface area contributed by atoms with E-state index in [-0.39, 0.29) is 0 Å². The third-order valence-corrected chi connectivity index (χ3v) is 3.29. The van der Waals surface area contributed by atoms with Crippen LogP contribution in [0.1, 0.15) is 6.42 Å². The van der Waals surface area contributed by atoms with Gasteiger partial charge in [0.1, 0.15) is 11.6 Å². The maximum Gasteiger partial charge on any atom is 0.191 e. The van der Waals surface area contributed by atoms with Gasteiger partial charge >= 0.3 is 0 Å². The van der Waals surface area contributed by atoms with Gasteiger partial charge in [0.05, 0.1) is 6.61 Å². The van der Waals surface area contributed by atoms with Gasteiger partial charge in [0.25, 0.3) is 0 Å². The lowest BCUT2D eigenvalue weighted by molar-refractivity contribution is 0.187. The van der Waals surface area contributed by atoms with Gasteiger partial charge < -0.3 is 15.4 Å². The first-order valence-electron chi connectivity index (χ1n) is 5.74. The monoisotopic (exact) mass is 254 g/mol. The summed E-state index contributed by atoms with van der Waals surface area (Å²) in [4.78, 5) is 8.75. The summed E-state index contributed by atoms with van der Waals surface area (Å²) in [7, 11) is 1.86. The van der Waals surface area contributed by atoms with Gasteiger partial charge in [-0.15, -0.1) is 0 Å². The number of hydrogen-bond donors (Lipinski definition) is 2. The summed E-state index contributed by atoms with van der Waals surface area (Å²) >= 11 is 1.54. The first-order chi connectivity index (χ1) is 8.31. The number of aromatic nitrogens is 2. The van der Waals surface area contributed by atoms with Crippen LogP contribution < -0.4 is 10.6 Å². The van der Waals surface area contributed by atoms with Crippen molar-refractivity contribution in [3.05, 3.63) is 6.07 Å². The molecule has 1 fully saturated rings. The quantitative estimate of drug-likeness (QED) is 0.616. The molecule has 0 bridgehead atoms. The van der Waals surface area contributed by atoms with E-state index in [1.165, 1.54) is 0 Å².